The summed E-state index contributed by atoms with van der Waals surface area (Å²) in [7, 11) is 0. The van der Waals surface area contributed by atoms with Crippen LogP contribution in [0.2, 0.25) is 0 Å². The number of nitrogens with one attached hydrogen (secondary N) is 1. The van der Waals surface area contributed by atoms with E-state index in [4.69, 9.17) is 10.5 Å². The molecule has 2 aliphatic rings. The van der Waals surface area contributed by atoms with Gasteiger partial charge in [0.2, 0.25) is 11.8 Å². The highest BCUT2D eigenvalue weighted by Gasteiger charge is 2.33. The number of hydrogen-bond acceptors (Lipinski definition) is 5. The predicted octanol–water partition coefficient (Wildman–Crippen LogP) is 1.03. The van der Waals surface area contributed by atoms with E-state index in [1.807, 2.05) is 37.3 Å². The maximum Gasteiger partial charge on any atom is 0.258 e. The Morgan fingerprint density at radius 1 is 1.26 bits per heavy atom. The number of nitrogens with zero attached hydrogens (tertiary/aromatic N) is 2. The molecular formula is C20H24N5O2+. The minimum absolute atomic E-state index is 0.0197. The van der Waals surface area contributed by atoms with Crippen molar-refractivity contribution in [3.8, 4) is 11.9 Å². The average molecular weight is 366 g/mol. The smallest absolute Gasteiger partial charge is 0.258 e. The van der Waals surface area contributed by atoms with E-state index in [1.165, 1.54) is 38.7 Å². The first-order valence-corrected chi connectivity index (χ1v) is 9.15. The van der Waals surface area contributed by atoms with Crippen LogP contribution in [0.5, 0.6) is 5.88 Å². The quantitative estimate of drug-likeness (QED) is 0.696. The summed E-state index contributed by atoms with van der Waals surface area (Å²) in [6.07, 6.45) is 5.61. The van der Waals surface area contributed by atoms with Crippen LogP contribution in [-0.2, 0) is 0 Å². The second-order valence-corrected chi connectivity index (χ2v) is 6.71. The van der Waals surface area contributed by atoms with Gasteiger partial charge in [-0.15, -0.1) is 0 Å². The Bertz CT molecular complexity index is 909. The van der Waals surface area contributed by atoms with Gasteiger partial charge < -0.3 is 20.8 Å². The fraction of sp³-hybridized carbons (Fsp3) is 0.350. The Labute approximate surface area is 157 Å². The molecule has 1 saturated heterocycles. The van der Waals surface area contributed by atoms with Crippen LogP contribution in [-0.4, -0.2) is 23.1 Å². The van der Waals surface area contributed by atoms with E-state index in [0.29, 0.717) is 5.56 Å². The van der Waals surface area contributed by atoms with E-state index in [1.54, 1.807) is 0 Å². The zero-order chi connectivity index (χ0) is 19.2. The van der Waals surface area contributed by atoms with Crippen LogP contribution in [0.3, 0.4) is 0 Å². The third-order valence-corrected chi connectivity index (χ3v) is 4.75. The van der Waals surface area contributed by atoms with Gasteiger partial charge in [0.15, 0.2) is 0 Å². The molecule has 0 aliphatic carbocycles. The molecule has 140 valence electrons. The lowest BCUT2D eigenvalue weighted by Gasteiger charge is -2.24. The number of piperidine rings is 1. The van der Waals surface area contributed by atoms with Gasteiger partial charge in [-0.1, -0.05) is 29.8 Å². The van der Waals surface area contributed by atoms with Crippen LogP contribution in [0.15, 0.2) is 46.8 Å². The first-order valence-electron chi connectivity index (χ1n) is 9.15. The Morgan fingerprint density at radius 3 is 2.52 bits per heavy atom. The molecule has 1 aromatic carbocycles. The maximum atomic E-state index is 12.1. The van der Waals surface area contributed by atoms with Gasteiger partial charge in [-0.2, -0.15) is 5.26 Å². The van der Waals surface area contributed by atoms with Crippen LogP contribution in [0.25, 0.3) is 0 Å². The van der Waals surface area contributed by atoms with E-state index in [0.717, 1.165) is 11.1 Å². The Morgan fingerprint density at radius 2 is 1.96 bits per heavy atom. The first kappa shape index (κ1) is 18.7. The summed E-state index contributed by atoms with van der Waals surface area (Å²) in [5, 5.41) is 11.8. The minimum Gasteiger partial charge on any atom is -0.422 e. The lowest BCUT2D eigenvalue weighted by molar-refractivity contribution is -0.662. The summed E-state index contributed by atoms with van der Waals surface area (Å²) in [5.74, 6) is -0.453. The predicted molar refractivity (Wildman–Crippen MR) is 101 cm³/mol. The molecule has 5 N–H and O–H groups in total. The lowest BCUT2D eigenvalue weighted by Crippen LogP contribution is -2.85. The molecule has 0 bridgehead atoms. The second-order valence-electron chi connectivity index (χ2n) is 6.71. The summed E-state index contributed by atoms with van der Waals surface area (Å²) in [5.41, 5.74) is 7.84. The third kappa shape index (κ3) is 4.18. The molecule has 0 amide bonds. The number of rotatable bonds is 1. The number of hydrogen-bond donors (Lipinski definition) is 3. The van der Waals surface area contributed by atoms with E-state index in [9.17, 15) is 10.1 Å². The van der Waals surface area contributed by atoms with Crippen molar-refractivity contribution in [2.75, 3.05) is 13.1 Å². The molecule has 0 spiro atoms. The average Bonchev–Trinajstić information content (AvgIpc) is 2.70. The topological polar surface area (TPSA) is 121 Å². The van der Waals surface area contributed by atoms with E-state index < -0.39 is 5.92 Å². The molecule has 0 radical (unpaired) electrons. The molecule has 3 heterocycles. The summed E-state index contributed by atoms with van der Waals surface area (Å²) in [4.78, 5) is 18.6. The van der Waals surface area contributed by atoms with Gasteiger partial charge in [-0.25, -0.2) is 4.98 Å². The van der Waals surface area contributed by atoms with Crippen molar-refractivity contribution in [2.24, 2.45) is 5.73 Å². The fourth-order valence-electron chi connectivity index (χ4n) is 3.29. The second kappa shape index (κ2) is 8.52. The fourth-order valence-corrected chi connectivity index (χ4v) is 3.29. The minimum atomic E-state index is -0.572. The van der Waals surface area contributed by atoms with E-state index >= 15 is 0 Å². The molecule has 1 fully saturated rings. The highest BCUT2D eigenvalue weighted by atomic mass is 16.5. The number of nitrogens with two attached hydrogens (primary N) is 2. The van der Waals surface area contributed by atoms with Gasteiger partial charge in [-0.3, -0.25) is 4.79 Å². The molecule has 27 heavy (non-hydrogen) atoms. The van der Waals surface area contributed by atoms with Crippen LogP contribution < -0.4 is 21.3 Å². The largest absolute Gasteiger partial charge is 0.422 e. The molecule has 1 aromatic heterocycles. The van der Waals surface area contributed by atoms with Gasteiger partial charge in [0.25, 0.3) is 5.56 Å². The van der Waals surface area contributed by atoms with Gasteiger partial charge in [0.05, 0.1) is 30.9 Å². The van der Waals surface area contributed by atoms with Crippen molar-refractivity contribution in [1.82, 2.24) is 9.97 Å². The number of quaternary nitrogens is 1. The molecular weight excluding hydrogens is 342 g/mol. The standard InChI is InChI=1S/C15H12N4O2.C5H11N/c1-8-2-4-9(5-3-8)11-10(6-16)13(17)21-15-12(11)14(20)18-7-19-15;1-2-4-6-5-3-1/h2-5,7,11H,17H2,1H3,(H,18,19,20);6H,1-5H2/p+1. The maximum absolute atomic E-state index is 12.1. The number of ether oxygens (including phenoxy) is 1. The van der Waals surface area contributed by atoms with Crippen LogP contribution in [0.1, 0.15) is 41.9 Å². The molecule has 7 heteroatoms. The van der Waals surface area contributed by atoms with E-state index in [2.05, 4.69) is 15.3 Å². The van der Waals surface area contributed by atoms with Gasteiger partial charge >= 0.3 is 0 Å². The normalized spacial score (nSPS) is 18.4. The third-order valence-electron chi connectivity index (χ3n) is 4.75. The highest BCUT2D eigenvalue weighted by Crippen LogP contribution is 2.38. The van der Waals surface area contributed by atoms with Crippen LogP contribution >= 0.6 is 0 Å². The zero-order valence-corrected chi connectivity index (χ0v) is 15.4. The SMILES string of the molecule is C1CC[NH2+]CC1.Cc1ccc(C2C(C#N)=C(N)Oc3nc[nH]c(=O)c32)cc1. The van der Waals surface area contributed by atoms with Crippen LogP contribution in [0.4, 0.5) is 0 Å². The molecule has 2 aliphatic heterocycles. The molecule has 0 saturated carbocycles. The van der Waals surface area contributed by atoms with Crippen LogP contribution in [0, 0.1) is 18.3 Å². The Kier molecular flexibility index (Phi) is 5.89. The molecule has 1 atom stereocenters. The van der Waals surface area contributed by atoms with Crippen molar-refractivity contribution < 1.29 is 10.1 Å². The lowest BCUT2D eigenvalue weighted by atomic mass is 9.85. The number of H-pyrrole nitrogens is 1. The molecule has 7 nitrogen and oxygen atoms in total. The van der Waals surface area contributed by atoms with Crippen molar-refractivity contribution in [3.63, 3.8) is 0 Å². The van der Waals surface area contributed by atoms with Gasteiger partial charge in [-0.05, 0) is 31.7 Å². The number of aromatic amines is 1. The molecule has 4 rings (SSSR count). The zero-order valence-electron chi connectivity index (χ0n) is 15.4. The number of aryl methyl sites for hydroxylation is 1. The Hall–Kier alpha value is -3.11. The number of aromatic nitrogens is 2. The number of fused-ring (bicyclic) bond motifs is 1. The van der Waals surface area contributed by atoms with Crippen molar-refractivity contribution in [1.29, 1.82) is 5.26 Å². The van der Waals surface area contributed by atoms with Crippen molar-refractivity contribution in [2.45, 2.75) is 32.1 Å². The molecule has 2 aromatic rings. The Balaban J connectivity index is 0.000000299. The first-order chi connectivity index (χ1) is 13.1. The van der Waals surface area contributed by atoms with Crippen molar-refractivity contribution in [3.05, 3.63) is 69.1 Å². The van der Waals surface area contributed by atoms with E-state index in [-0.39, 0.29) is 22.9 Å². The summed E-state index contributed by atoms with van der Waals surface area (Å²) in [6.45, 7) is 4.71. The van der Waals surface area contributed by atoms with Crippen molar-refractivity contribution >= 4 is 0 Å². The van der Waals surface area contributed by atoms with Gasteiger partial charge in [0, 0.05) is 0 Å². The van der Waals surface area contributed by atoms with Gasteiger partial charge in [0.1, 0.15) is 11.6 Å². The summed E-state index contributed by atoms with van der Waals surface area (Å²) < 4.78 is 5.30. The highest BCUT2D eigenvalue weighted by molar-refractivity contribution is 5.52. The monoisotopic (exact) mass is 366 g/mol. The summed E-state index contributed by atoms with van der Waals surface area (Å²) in [6, 6.07) is 9.60. The number of nitriles is 1. The summed E-state index contributed by atoms with van der Waals surface area (Å²) >= 11 is 0. The number of allylic oxidation sites excluding steroid dienone is 1. The molecule has 1 unspecified atom stereocenters. The number of benzene rings is 1.